The molecule has 0 aliphatic heterocycles. The second-order valence-electron chi connectivity index (χ2n) is 3.16. The summed E-state index contributed by atoms with van der Waals surface area (Å²) in [5.74, 6) is 0.315. The number of hydrogen-bond donors (Lipinski definition) is 1. The summed E-state index contributed by atoms with van der Waals surface area (Å²) in [7, 11) is 0. The van der Waals surface area contributed by atoms with Gasteiger partial charge < -0.3 is 9.52 Å². The Morgan fingerprint density at radius 2 is 2.46 bits per heavy atom. The van der Waals surface area contributed by atoms with E-state index < -0.39 is 5.97 Å². The van der Waals surface area contributed by atoms with Crippen LogP contribution in [0, 0.1) is 5.92 Å². The highest BCUT2D eigenvalue weighted by molar-refractivity contribution is 5.67. The average molecular weight is 182 g/mol. The molecule has 13 heavy (non-hydrogen) atoms. The van der Waals surface area contributed by atoms with E-state index >= 15 is 0 Å². The second-order valence-corrected chi connectivity index (χ2v) is 3.16. The molecule has 0 aromatic carbocycles. The van der Waals surface area contributed by atoms with Gasteiger partial charge in [-0.1, -0.05) is 13.3 Å². The van der Waals surface area contributed by atoms with Crippen molar-refractivity contribution >= 4 is 5.97 Å². The van der Waals surface area contributed by atoms with Crippen molar-refractivity contribution in [3.05, 3.63) is 24.2 Å². The van der Waals surface area contributed by atoms with Crippen molar-refractivity contribution in [2.45, 2.75) is 26.2 Å². The summed E-state index contributed by atoms with van der Waals surface area (Å²) in [6.07, 6.45) is 3.42. The molecule has 1 atom stereocenters. The zero-order valence-corrected chi connectivity index (χ0v) is 7.69. The van der Waals surface area contributed by atoms with E-state index in [0.29, 0.717) is 0 Å². The van der Waals surface area contributed by atoms with Crippen LogP contribution in [0.2, 0.25) is 0 Å². The minimum absolute atomic E-state index is 0.184. The third kappa shape index (κ3) is 3.32. The molecule has 0 amide bonds. The van der Waals surface area contributed by atoms with Crippen molar-refractivity contribution in [1.29, 1.82) is 0 Å². The molecule has 1 unspecified atom stereocenters. The van der Waals surface area contributed by atoms with Crippen molar-refractivity contribution in [2.75, 3.05) is 0 Å². The summed E-state index contributed by atoms with van der Waals surface area (Å²) in [6.45, 7) is 2.00. The Morgan fingerprint density at radius 3 is 2.92 bits per heavy atom. The monoisotopic (exact) mass is 182 g/mol. The molecule has 1 aromatic heterocycles. The Bertz CT molecular complexity index is 251. The summed E-state index contributed by atoms with van der Waals surface area (Å²) in [6, 6.07) is 3.70. The van der Waals surface area contributed by atoms with E-state index in [2.05, 4.69) is 0 Å². The molecular weight excluding hydrogens is 168 g/mol. The first-order valence-corrected chi connectivity index (χ1v) is 4.46. The van der Waals surface area contributed by atoms with Gasteiger partial charge in [0.1, 0.15) is 5.76 Å². The maximum absolute atomic E-state index is 10.5. The smallest absolute Gasteiger partial charge is 0.303 e. The van der Waals surface area contributed by atoms with E-state index in [4.69, 9.17) is 9.52 Å². The first-order valence-electron chi connectivity index (χ1n) is 4.46. The fourth-order valence-corrected chi connectivity index (χ4v) is 1.32. The van der Waals surface area contributed by atoms with Crippen LogP contribution in [0.3, 0.4) is 0 Å². The molecule has 0 aliphatic carbocycles. The quantitative estimate of drug-likeness (QED) is 0.760. The third-order valence-corrected chi connectivity index (χ3v) is 2.11. The molecule has 0 fully saturated rings. The molecule has 1 N–H and O–H groups in total. The van der Waals surface area contributed by atoms with Gasteiger partial charge in [0.15, 0.2) is 0 Å². The predicted molar refractivity (Wildman–Crippen MR) is 48.4 cm³/mol. The van der Waals surface area contributed by atoms with Crippen LogP contribution in [-0.2, 0) is 11.2 Å². The summed E-state index contributed by atoms with van der Waals surface area (Å²) in [4.78, 5) is 10.5. The van der Waals surface area contributed by atoms with E-state index in [-0.39, 0.29) is 12.3 Å². The Labute approximate surface area is 77.4 Å². The number of aliphatic carboxylic acids is 1. The molecule has 72 valence electrons. The highest BCUT2D eigenvalue weighted by Gasteiger charge is 2.12. The van der Waals surface area contributed by atoms with Crippen LogP contribution in [0.25, 0.3) is 0 Å². The van der Waals surface area contributed by atoms with Crippen molar-refractivity contribution in [3.63, 3.8) is 0 Å². The minimum Gasteiger partial charge on any atom is -0.481 e. The van der Waals surface area contributed by atoms with Gasteiger partial charge >= 0.3 is 5.97 Å². The standard InChI is InChI=1S/C10H14O3/c1-2-8(7-10(11)12)6-9-4-3-5-13-9/h3-5,8H,2,6-7H2,1H3,(H,11,12). The fraction of sp³-hybridized carbons (Fsp3) is 0.500. The first-order chi connectivity index (χ1) is 6.22. The molecule has 0 saturated carbocycles. The Kier molecular flexibility index (Phi) is 3.55. The van der Waals surface area contributed by atoms with Gasteiger partial charge in [-0.3, -0.25) is 4.79 Å². The Balaban J connectivity index is 2.45. The van der Waals surface area contributed by atoms with E-state index in [1.165, 1.54) is 0 Å². The highest BCUT2D eigenvalue weighted by atomic mass is 16.4. The minimum atomic E-state index is -0.738. The van der Waals surface area contributed by atoms with Crippen molar-refractivity contribution < 1.29 is 14.3 Å². The van der Waals surface area contributed by atoms with Gasteiger partial charge in [0.25, 0.3) is 0 Å². The van der Waals surface area contributed by atoms with Crippen LogP contribution in [0.4, 0.5) is 0 Å². The zero-order valence-electron chi connectivity index (χ0n) is 7.69. The molecule has 0 bridgehead atoms. The van der Waals surface area contributed by atoms with Crippen molar-refractivity contribution in [2.24, 2.45) is 5.92 Å². The molecule has 0 aliphatic rings. The SMILES string of the molecule is CCC(CC(=O)O)Cc1ccco1. The fourth-order valence-electron chi connectivity index (χ4n) is 1.32. The van der Waals surface area contributed by atoms with Gasteiger partial charge in [0, 0.05) is 12.8 Å². The molecule has 1 aromatic rings. The summed E-state index contributed by atoms with van der Waals surface area (Å²) in [5.41, 5.74) is 0. The lowest BCUT2D eigenvalue weighted by Gasteiger charge is -2.09. The number of carboxylic acids is 1. The van der Waals surface area contributed by atoms with Gasteiger partial charge in [0.2, 0.25) is 0 Å². The molecule has 0 saturated heterocycles. The summed E-state index contributed by atoms with van der Waals surface area (Å²) < 4.78 is 5.15. The molecular formula is C10H14O3. The lowest BCUT2D eigenvalue weighted by Crippen LogP contribution is -2.09. The lowest BCUT2D eigenvalue weighted by atomic mass is 9.97. The molecule has 0 spiro atoms. The van der Waals surface area contributed by atoms with Gasteiger partial charge in [-0.2, -0.15) is 0 Å². The molecule has 3 nitrogen and oxygen atoms in total. The Hall–Kier alpha value is -1.25. The van der Waals surface area contributed by atoms with Gasteiger partial charge in [-0.05, 0) is 18.1 Å². The van der Waals surface area contributed by atoms with Crippen LogP contribution >= 0.6 is 0 Å². The number of carbonyl (C=O) groups is 1. The number of furan rings is 1. The molecule has 0 radical (unpaired) electrons. The van der Waals surface area contributed by atoms with Gasteiger partial charge in [0.05, 0.1) is 6.26 Å². The molecule has 1 rings (SSSR count). The summed E-state index contributed by atoms with van der Waals surface area (Å²) in [5, 5.41) is 8.61. The third-order valence-electron chi connectivity index (χ3n) is 2.11. The van der Waals surface area contributed by atoms with Crippen LogP contribution in [0.15, 0.2) is 22.8 Å². The maximum atomic E-state index is 10.5. The zero-order chi connectivity index (χ0) is 9.68. The van der Waals surface area contributed by atoms with E-state index in [1.807, 2.05) is 19.1 Å². The first kappa shape index (κ1) is 9.84. The van der Waals surface area contributed by atoms with Gasteiger partial charge in [-0.25, -0.2) is 0 Å². The highest BCUT2D eigenvalue weighted by Crippen LogP contribution is 2.15. The van der Waals surface area contributed by atoms with Crippen molar-refractivity contribution in [3.8, 4) is 0 Å². The predicted octanol–water partition coefficient (Wildman–Crippen LogP) is 2.32. The van der Waals surface area contributed by atoms with E-state index in [0.717, 1.165) is 18.6 Å². The largest absolute Gasteiger partial charge is 0.481 e. The second kappa shape index (κ2) is 4.70. The molecule has 1 heterocycles. The average Bonchev–Trinajstić information content (AvgIpc) is 2.55. The van der Waals surface area contributed by atoms with Crippen LogP contribution < -0.4 is 0 Å². The Morgan fingerprint density at radius 1 is 1.69 bits per heavy atom. The summed E-state index contributed by atoms with van der Waals surface area (Å²) >= 11 is 0. The van der Waals surface area contributed by atoms with Crippen LogP contribution in [0.1, 0.15) is 25.5 Å². The van der Waals surface area contributed by atoms with Gasteiger partial charge in [-0.15, -0.1) is 0 Å². The maximum Gasteiger partial charge on any atom is 0.303 e. The van der Waals surface area contributed by atoms with E-state index in [1.54, 1.807) is 6.26 Å². The number of carboxylic acid groups (broad SMARTS) is 1. The van der Waals surface area contributed by atoms with E-state index in [9.17, 15) is 4.79 Å². The molecule has 3 heteroatoms. The van der Waals surface area contributed by atoms with Crippen LogP contribution in [0.5, 0.6) is 0 Å². The number of hydrogen-bond acceptors (Lipinski definition) is 2. The van der Waals surface area contributed by atoms with Crippen LogP contribution in [-0.4, -0.2) is 11.1 Å². The normalized spacial score (nSPS) is 12.7. The lowest BCUT2D eigenvalue weighted by molar-refractivity contribution is -0.138. The van der Waals surface area contributed by atoms with Crippen molar-refractivity contribution in [1.82, 2.24) is 0 Å². The number of rotatable bonds is 5. The topological polar surface area (TPSA) is 50.4 Å².